The maximum atomic E-state index is 11.3. The second-order valence-corrected chi connectivity index (χ2v) is 3.99. The van der Waals surface area contributed by atoms with Crippen LogP contribution in [-0.4, -0.2) is 18.1 Å². The Hall–Kier alpha value is -1.41. The summed E-state index contributed by atoms with van der Waals surface area (Å²) in [5.74, 6) is -0.310. The second kappa shape index (κ2) is 4.20. The first kappa shape index (κ1) is 10.7. The zero-order chi connectivity index (χ0) is 10.7. The topological polar surface area (TPSA) is 63.0 Å². The van der Waals surface area contributed by atoms with Crippen molar-refractivity contribution in [3.63, 3.8) is 0 Å². The molecule has 0 aliphatic heterocycles. The van der Waals surface area contributed by atoms with Crippen LogP contribution < -0.4 is 0 Å². The summed E-state index contributed by atoms with van der Waals surface area (Å²) < 4.78 is 4.61. The smallest absolute Gasteiger partial charge is 0.350 e. The fourth-order valence-corrected chi connectivity index (χ4v) is 1.95. The maximum absolute atomic E-state index is 11.3. The van der Waals surface area contributed by atoms with Crippen LogP contribution in [0, 0.1) is 11.3 Å². The summed E-state index contributed by atoms with van der Waals surface area (Å²) in [6.07, 6.45) is 0. The van der Waals surface area contributed by atoms with E-state index in [1.165, 1.54) is 7.11 Å². The van der Waals surface area contributed by atoms with E-state index in [1.807, 2.05) is 19.9 Å². The molecule has 4 nitrogen and oxygen atoms in total. The van der Waals surface area contributed by atoms with Crippen LogP contribution in [0.3, 0.4) is 0 Å². The summed E-state index contributed by atoms with van der Waals surface area (Å²) in [6, 6.07) is 1.92. The van der Waals surface area contributed by atoms with E-state index >= 15 is 0 Å². The standard InChI is InChI=1S/C9H10N2O2S/c1-5(2)7-8(9(12)13-3)14-6(4-10)11-7/h5H,1-3H3. The van der Waals surface area contributed by atoms with Crippen molar-refractivity contribution in [2.75, 3.05) is 7.11 Å². The molecular weight excluding hydrogens is 200 g/mol. The van der Waals surface area contributed by atoms with Gasteiger partial charge in [-0.25, -0.2) is 9.78 Å². The summed E-state index contributed by atoms with van der Waals surface area (Å²) in [6.45, 7) is 3.84. The molecule has 0 aliphatic rings. The van der Waals surface area contributed by atoms with E-state index in [0.29, 0.717) is 15.6 Å². The van der Waals surface area contributed by atoms with Crippen molar-refractivity contribution in [2.24, 2.45) is 0 Å². The Morgan fingerprint density at radius 2 is 2.29 bits per heavy atom. The Balaban J connectivity index is 3.20. The van der Waals surface area contributed by atoms with Crippen molar-refractivity contribution in [3.8, 4) is 6.07 Å². The molecule has 0 aliphatic carbocycles. The van der Waals surface area contributed by atoms with Gasteiger partial charge >= 0.3 is 5.97 Å². The highest BCUT2D eigenvalue weighted by atomic mass is 32.1. The van der Waals surface area contributed by atoms with Crippen LogP contribution in [-0.2, 0) is 4.74 Å². The average Bonchev–Trinajstić information content (AvgIpc) is 2.60. The first-order chi connectivity index (χ1) is 6.60. The van der Waals surface area contributed by atoms with Gasteiger partial charge in [-0.2, -0.15) is 5.26 Å². The zero-order valence-electron chi connectivity index (χ0n) is 8.20. The van der Waals surface area contributed by atoms with Gasteiger partial charge in [-0.05, 0) is 5.92 Å². The molecule has 0 bridgehead atoms. The Bertz CT molecular complexity index is 390. The number of hydrogen-bond donors (Lipinski definition) is 0. The number of aromatic nitrogens is 1. The maximum Gasteiger partial charge on any atom is 0.350 e. The SMILES string of the molecule is COC(=O)c1sc(C#N)nc1C(C)C. The number of methoxy groups -OCH3 is 1. The van der Waals surface area contributed by atoms with Crippen LogP contribution in [0.25, 0.3) is 0 Å². The van der Waals surface area contributed by atoms with Crippen LogP contribution in [0.5, 0.6) is 0 Å². The third-order valence-corrected chi connectivity index (χ3v) is 2.62. The van der Waals surface area contributed by atoms with Gasteiger partial charge in [0, 0.05) is 0 Å². The number of carbonyl (C=O) groups is 1. The average molecular weight is 210 g/mol. The number of thiazole rings is 1. The van der Waals surface area contributed by atoms with Crippen LogP contribution in [0.1, 0.15) is 40.1 Å². The van der Waals surface area contributed by atoms with Crippen LogP contribution in [0.2, 0.25) is 0 Å². The molecule has 5 heteroatoms. The highest BCUT2D eigenvalue weighted by Crippen LogP contribution is 2.25. The normalized spacial score (nSPS) is 9.93. The minimum absolute atomic E-state index is 0.113. The molecule has 0 spiro atoms. The van der Waals surface area contributed by atoms with Gasteiger partial charge in [0.25, 0.3) is 0 Å². The Kier molecular flexibility index (Phi) is 3.20. The predicted octanol–water partition coefficient (Wildman–Crippen LogP) is 1.92. The van der Waals surface area contributed by atoms with Gasteiger partial charge in [0.1, 0.15) is 10.9 Å². The van der Waals surface area contributed by atoms with E-state index in [9.17, 15) is 4.79 Å². The Morgan fingerprint density at radius 3 is 2.71 bits per heavy atom. The molecule has 0 amide bonds. The lowest BCUT2D eigenvalue weighted by Crippen LogP contribution is -2.03. The lowest BCUT2D eigenvalue weighted by molar-refractivity contribution is 0.0604. The lowest BCUT2D eigenvalue weighted by Gasteiger charge is -2.02. The van der Waals surface area contributed by atoms with Crippen LogP contribution >= 0.6 is 11.3 Å². The Labute approximate surface area is 86.1 Å². The van der Waals surface area contributed by atoms with Gasteiger partial charge in [-0.1, -0.05) is 25.2 Å². The number of hydrogen-bond acceptors (Lipinski definition) is 5. The number of esters is 1. The van der Waals surface area contributed by atoms with Gasteiger partial charge in [0.15, 0.2) is 5.01 Å². The molecule has 1 heterocycles. The molecule has 1 rings (SSSR count). The van der Waals surface area contributed by atoms with E-state index in [2.05, 4.69) is 9.72 Å². The Morgan fingerprint density at radius 1 is 1.64 bits per heavy atom. The quantitative estimate of drug-likeness (QED) is 0.699. The second-order valence-electron chi connectivity index (χ2n) is 2.99. The van der Waals surface area contributed by atoms with Crippen molar-refractivity contribution in [1.82, 2.24) is 4.98 Å². The van der Waals surface area contributed by atoms with E-state index in [0.717, 1.165) is 11.3 Å². The summed E-state index contributed by atoms with van der Waals surface area (Å²) in [5, 5.41) is 8.96. The monoisotopic (exact) mass is 210 g/mol. The molecule has 14 heavy (non-hydrogen) atoms. The third-order valence-electron chi connectivity index (χ3n) is 1.67. The molecule has 0 atom stereocenters. The van der Waals surface area contributed by atoms with Crippen molar-refractivity contribution in [1.29, 1.82) is 5.26 Å². The van der Waals surface area contributed by atoms with Crippen LogP contribution in [0.15, 0.2) is 0 Å². The molecule has 0 saturated carbocycles. The molecular formula is C9H10N2O2S. The van der Waals surface area contributed by atoms with Crippen molar-refractivity contribution in [2.45, 2.75) is 19.8 Å². The molecule has 0 radical (unpaired) electrons. The van der Waals surface area contributed by atoms with E-state index in [-0.39, 0.29) is 5.92 Å². The number of carbonyl (C=O) groups excluding carboxylic acids is 1. The molecule has 1 aromatic heterocycles. The molecule has 0 saturated heterocycles. The summed E-state index contributed by atoms with van der Waals surface area (Å²) in [5.41, 5.74) is 0.637. The highest BCUT2D eigenvalue weighted by Gasteiger charge is 2.20. The van der Waals surface area contributed by atoms with Gasteiger partial charge < -0.3 is 4.74 Å². The zero-order valence-corrected chi connectivity index (χ0v) is 9.01. The summed E-state index contributed by atoms with van der Waals surface area (Å²) in [4.78, 5) is 15.8. The minimum Gasteiger partial charge on any atom is -0.465 e. The summed E-state index contributed by atoms with van der Waals surface area (Å²) >= 11 is 1.07. The molecule has 0 fully saturated rings. The van der Waals surface area contributed by atoms with Gasteiger partial charge in [0.05, 0.1) is 12.8 Å². The highest BCUT2D eigenvalue weighted by molar-refractivity contribution is 7.14. The predicted molar refractivity (Wildman–Crippen MR) is 52.3 cm³/mol. The first-order valence-electron chi connectivity index (χ1n) is 4.09. The van der Waals surface area contributed by atoms with Crippen molar-refractivity contribution < 1.29 is 9.53 Å². The lowest BCUT2D eigenvalue weighted by atomic mass is 10.1. The first-order valence-corrected chi connectivity index (χ1v) is 4.91. The van der Waals surface area contributed by atoms with E-state index in [1.54, 1.807) is 0 Å². The number of nitriles is 1. The number of rotatable bonds is 2. The van der Waals surface area contributed by atoms with Crippen molar-refractivity contribution in [3.05, 3.63) is 15.6 Å². The molecule has 1 aromatic rings. The van der Waals surface area contributed by atoms with Gasteiger partial charge in [-0.3, -0.25) is 0 Å². The largest absolute Gasteiger partial charge is 0.465 e. The third kappa shape index (κ3) is 1.91. The number of nitrogens with zero attached hydrogens (tertiary/aromatic N) is 2. The molecule has 0 aromatic carbocycles. The van der Waals surface area contributed by atoms with Gasteiger partial charge in [-0.15, -0.1) is 0 Å². The molecule has 0 unspecified atom stereocenters. The summed E-state index contributed by atoms with van der Waals surface area (Å²) in [7, 11) is 1.32. The molecule has 0 N–H and O–H groups in total. The van der Waals surface area contributed by atoms with Gasteiger partial charge in [0.2, 0.25) is 0 Å². The number of ether oxygens (including phenoxy) is 1. The van der Waals surface area contributed by atoms with E-state index in [4.69, 9.17) is 5.26 Å². The fourth-order valence-electron chi connectivity index (χ4n) is 1.01. The van der Waals surface area contributed by atoms with E-state index < -0.39 is 5.97 Å². The minimum atomic E-state index is -0.423. The van der Waals surface area contributed by atoms with Crippen LogP contribution in [0.4, 0.5) is 0 Å². The van der Waals surface area contributed by atoms with Crippen molar-refractivity contribution >= 4 is 17.3 Å². The fraction of sp³-hybridized carbons (Fsp3) is 0.444. The molecule has 74 valence electrons.